The minimum Gasteiger partial charge on any atom is -0.497 e. The number of anilines is 1. The first-order valence-corrected chi connectivity index (χ1v) is 7.49. The zero-order chi connectivity index (χ0) is 15.1. The predicted molar refractivity (Wildman–Crippen MR) is 82.6 cm³/mol. The summed E-state index contributed by atoms with van der Waals surface area (Å²) in [5.74, 6) is 0.873. The van der Waals surface area contributed by atoms with Crippen molar-refractivity contribution in [2.45, 2.75) is 19.3 Å². The van der Waals surface area contributed by atoms with Gasteiger partial charge in [0.25, 0.3) is 0 Å². The van der Waals surface area contributed by atoms with Crippen molar-refractivity contribution in [2.75, 3.05) is 38.3 Å². The van der Waals surface area contributed by atoms with Crippen LogP contribution in [0.2, 0.25) is 0 Å². The highest BCUT2D eigenvalue weighted by atomic mass is 16.5. The third-order valence-electron chi connectivity index (χ3n) is 3.75. The average Bonchev–Trinajstić information content (AvgIpc) is 2.56. The lowest BCUT2D eigenvalue weighted by Gasteiger charge is -2.29. The molecule has 1 saturated heterocycles. The van der Waals surface area contributed by atoms with Crippen LogP contribution in [0.5, 0.6) is 5.75 Å². The molecule has 1 aromatic rings. The third kappa shape index (κ3) is 4.19. The van der Waals surface area contributed by atoms with Crippen molar-refractivity contribution in [1.82, 2.24) is 0 Å². The summed E-state index contributed by atoms with van der Waals surface area (Å²) in [5.41, 5.74) is 6.49. The van der Waals surface area contributed by atoms with Crippen LogP contribution in [-0.4, -0.2) is 39.3 Å². The monoisotopic (exact) mass is 292 g/mol. The predicted octanol–water partition coefficient (Wildman–Crippen LogP) is 1.80. The maximum Gasteiger partial charge on any atom is 0.232 e. The lowest BCUT2D eigenvalue weighted by Crippen LogP contribution is -2.40. The quantitative estimate of drug-likeness (QED) is 0.868. The van der Waals surface area contributed by atoms with Gasteiger partial charge in [-0.15, -0.1) is 0 Å². The highest BCUT2D eigenvalue weighted by Crippen LogP contribution is 2.24. The van der Waals surface area contributed by atoms with Gasteiger partial charge in [0.1, 0.15) is 5.75 Å². The Morgan fingerprint density at radius 1 is 1.43 bits per heavy atom. The number of nitrogens with two attached hydrogens (primary N) is 1. The molecule has 0 aliphatic carbocycles. The Morgan fingerprint density at radius 2 is 2.19 bits per heavy atom. The van der Waals surface area contributed by atoms with Crippen LogP contribution >= 0.6 is 0 Å². The van der Waals surface area contributed by atoms with E-state index in [0.717, 1.165) is 37.3 Å². The van der Waals surface area contributed by atoms with Crippen molar-refractivity contribution in [3.8, 4) is 5.75 Å². The largest absolute Gasteiger partial charge is 0.497 e. The lowest BCUT2D eigenvalue weighted by atomic mass is 10.00. The number of rotatable bonds is 6. The number of carbonyl (C=O) groups excluding carboxylic acids is 1. The van der Waals surface area contributed by atoms with Crippen LogP contribution in [-0.2, 0) is 9.53 Å². The zero-order valence-corrected chi connectivity index (χ0v) is 12.6. The Kier molecular flexibility index (Phi) is 6.02. The van der Waals surface area contributed by atoms with Crippen molar-refractivity contribution >= 4 is 11.6 Å². The molecule has 0 radical (unpaired) electrons. The fraction of sp³-hybridized carbons (Fsp3) is 0.562. The first-order valence-electron chi connectivity index (χ1n) is 7.49. The first-order chi connectivity index (χ1) is 10.3. The van der Waals surface area contributed by atoms with E-state index < -0.39 is 0 Å². The summed E-state index contributed by atoms with van der Waals surface area (Å²) in [6.45, 7) is 2.49. The van der Waals surface area contributed by atoms with Gasteiger partial charge in [0.05, 0.1) is 19.6 Å². The first kappa shape index (κ1) is 15.8. The number of carbonyl (C=O) groups is 1. The second-order valence-electron chi connectivity index (χ2n) is 5.24. The van der Waals surface area contributed by atoms with E-state index in [9.17, 15) is 4.79 Å². The lowest BCUT2D eigenvalue weighted by molar-refractivity contribution is -0.126. The van der Waals surface area contributed by atoms with Crippen molar-refractivity contribution in [1.29, 1.82) is 0 Å². The smallest absolute Gasteiger partial charge is 0.232 e. The van der Waals surface area contributed by atoms with E-state index in [1.54, 1.807) is 7.11 Å². The highest BCUT2D eigenvalue weighted by molar-refractivity contribution is 5.95. The van der Waals surface area contributed by atoms with Crippen LogP contribution in [0.4, 0.5) is 5.69 Å². The molecule has 2 rings (SSSR count). The molecule has 5 nitrogen and oxygen atoms in total. The van der Waals surface area contributed by atoms with Crippen LogP contribution in [0, 0.1) is 5.92 Å². The number of hydrogen-bond acceptors (Lipinski definition) is 4. The minimum atomic E-state index is -0.0429. The summed E-state index contributed by atoms with van der Waals surface area (Å²) in [6, 6.07) is 7.57. The van der Waals surface area contributed by atoms with E-state index in [2.05, 4.69) is 0 Å². The summed E-state index contributed by atoms with van der Waals surface area (Å²) in [5, 5.41) is 0. The van der Waals surface area contributed by atoms with Gasteiger partial charge in [0.15, 0.2) is 0 Å². The molecule has 1 atom stereocenters. The van der Waals surface area contributed by atoms with E-state index in [-0.39, 0.29) is 11.8 Å². The number of amides is 1. The number of nitrogens with zero attached hydrogens (tertiary/aromatic N) is 1. The Hall–Kier alpha value is -1.59. The van der Waals surface area contributed by atoms with E-state index in [1.807, 2.05) is 29.2 Å². The van der Waals surface area contributed by atoms with Gasteiger partial charge in [-0.05, 0) is 50.1 Å². The molecule has 1 fully saturated rings. The molecule has 0 bridgehead atoms. The molecular formula is C16H24N2O3. The van der Waals surface area contributed by atoms with Crippen molar-refractivity contribution in [2.24, 2.45) is 11.7 Å². The van der Waals surface area contributed by atoms with Crippen molar-refractivity contribution in [3.05, 3.63) is 24.3 Å². The maximum atomic E-state index is 12.7. The fourth-order valence-corrected chi connectivity index (χ4v) is 2.53. The second kappa shape index (κ2) is 8.00. The molecular weight excluding hydrogens is 268 g/mol. The number of hydrogen-bond donors (Lipinski definition) is 1. The maximum absolute atomic E-state index is 12.7. The molecule has 0 saturated carbocycles. The average molecular weight is 292 g/mol. The summed E-state index contributed by atoms with van der Waals surface area (Å²) in [4.78, 5) is 14.6. The standard InChI is InChI=1S/C16H24N2O3/c1-20-15-7-5-14(6-8-15)18(10-3-9-17)16(19)13-4-2-11-21-12-13/h5-8,13H,2-4,9-12,17H2,1H3. The molecule has 5 heteroatoms. The molecule has 1 aliphatic rings. The minimum absolute atomic E-state index is 0.0429. The third-order valence-corrected chi connectivity index (χ3v) is 3.75. The van der Waals surface area contributed by atoms with Crippen molar-refractivity contribution < 1.29 is 14.3 Å². The normalized spacial score (nSPS) is 18.3. The fourth-order valence-electron chi connectivity index (χ4n) is 2.53. The molecule has 116 valence electrons. The van der Waals surface area contributed by atoms with E-state index >= 15 is 0 Å². The molecule has 1 aromatic carbocycles. The molecule has 21 heavy (non-hydrogen) atoms. The molecule has 2 N–H and O–H groups in total. The van der Waals surface area contributed by atoms with Crippen LogP contribution in [0.15, 0.2) is 24.3 Å². The van der Waals surface area contributed by atoms with E-state index in [1.165, 1.54) is 0 Å². The van der Waals surface area contributed by atoms with E-state index in [0.29, 0.717) is 19.7 Å². The highest BCUT2D eigenvalue weighted by Gasteiger charge is 2.27. The van der Waals surface area contributed by atoms with Crippen molar-refractivity contribution in [3.63, 3.8) is 0 Å². The summed E-state index contributed by atoms with van der Waals surface area (Å²) >= 11 is 0. The molecule has 0 aromatic heterocycles. The number of methoxy groups -OCH3 is 1. The molecule has 1 amide bonds. The Balaban J connectivity index is 2.13. The molecule has 0 spiro atoms. The van der Waals surface area contributed by atoms with Gasteiger partial charge in [-0.2, -0.15) is 0 Å². The van der Waals surface area contributed by atoms with E-state index in [4.69, 9.17) is 15.2 Å². The molecule has 1 heterocycles. The van der Waals surface area contributed by atoms with Gasteiger partial charge < -0.3 is 20.1 Å². The van der Waals surface area contributed by atoms with Crippen LogP contribution in [0.3, 0.4) is 0 Å². The van der Waals surface area contributed by atoms with Crippen LogP contribution in [0.1, 0.15) is 19.3 Å². The Labute approximate surface area is 126 Å². The molecule has 1 unspecified atom stereocenters. The second-order valence-corrected chi connectivity index (χ2v) is 5.24. The van der Waals surface area contributed by atoms with Gasteiger partial charge >= 0.3 is 0 Å². The zero-order valence-electron chi connectivity index (χ0n) is 12.6. The van der Waals surface area contributed by atoms with Crippen LogP contribution in [0.25, 0.3) is 0 Å². The Morgan fingerprint density at radius 3 is 2.76 bits per heavy atom. The van der Waals surface area contributed by atoms with Gasteiger partial charge in [0, 0.05) is 18.8 Å². The number of benzene rings is 1. The van der Waals surface area contributed by atoms with Gasteiger partial charge in [-0.25, -0.2) is 0 Å². The SMILES string of the molecule is COc1ccc(N(CCCN)C(=O)C2CCCOC2)cc1. The summed E-state index contributed by atoms with van der Waals surface area (Å²) < 4.78 is 10.6. The number of ether oxygens (including phenoxy) is 2. The van der Waals surface area contributed by atoms with Gasteiger partial charge in [-0.3, -0.25) is 4.79 Å². The van der Waals surface area contributed by atoms with Gasteiger partial charge in [0.2, 0.25) is 5.91 Å². The summed E-state index contributed by atoms with van der Waals surface area (Å²) in [6.07, 6.45) is 2.63. The van der Waals surface area contributed by atoms with Gasteiger partial charge in [-0.1, -0.05) is 0 Å². The summed E-state index contributed by atoms with van der Waals surface area (Å²) in [7, 11) is 1.63. The molecule has 1 aliphatic heterocycles. The van der Waals surface area contributed by atoms with Crippen LogP contribution < -0.4 is 15.4 Å². The topological polar surface area (TPSA) is 64.8 Å². The Bertz CT molecular complexity index is 441.